The standard InChI is InChI=1S/C12H18N2O3S/c1-18(16,17)14-5-2-3-11(9-14)7-13-6-4-12(8-13)10-15/h4,6,8,10-11H,2-3,5,7,9H2,1H3. The first kappa shape index (κ1) is 13.3. The maximum absolute atomic E-state index is 11.5. The normalized spacial score (nSPS) is 21.9. The van der Waals surface area contributed by atoms with Gasteiger partial charge in [0.2, 0.25) is 10.0 Å². The molecule has 0 aromatic carbocycles. The molecule has 18 heavy (non-hydrogen) atoms. The third kappa shape index (κ3) is 3.20. The van der Waals surface area contributed by atoms with Crippen molar-refractivity contribution in [3.63, 3.8) is 0 Å². The van der Waals surface area contributed by atoms with Gasteiger partial charge < -0.3 is 4.57 Å². The second kappa shape index (κ2) is 5.24. The summed E-state index contributed by atoms with van der Waals surface area (Å²) in [6.45, 7) is 1.97. The summed E-state index contributed by atoms with van der Waals surface area (Å²) in [6.07, 6.45) is 7.67. The van der Waals surface area contributed by atoms with Gasteiger partial charge in [-0.15, -0.1) is 0 Å². The smallest absolute Gasteiger partial charge is 0.211 e. The molecule has 0 saturated carbocycles. The highest BCUT2D eigenvalue weighted by molar-refractivity contribution is 7.88. The number of piperidine rings is 1. The summed E-state index contributed by atoms with van der Waals surface area (Å²) in [5.74, 6) is 0.320. The van der Waals surface area contributed by atoms with Crippen LogP contribution in [-0.4, -0.2) is 42.9 Å². The van der Waals surface area contributed by atoms with E-state index in [0.717, 1.165) is 25.7 Å². The fraction of sp³-hybridized carbons (Fsp3) is 0.583. The van der Waals surface area contributed by atoms with Crippen molar-refractivity contribution in [1.29, 1.82) is 0 Å². The van der Waals surface area contributed by atoms with Crippen molar-refractivity contribution >= 4 is 16.3 Å². The van der Waals surface area contributed by atoms with E-state index in [1.165, 1.54) is 6.26 Å². The lowest BCUT2D eigenvalue weighted by Crippen LogP contribution is -2.40. The Balaban J connectivity index is 1.99. The number of hydrogen-bond donors (Lipinski definition) is 0. The monoisotopic (exact) mass is 270 g/mol. The van der Waals surface area contributed by atoms with Gasteiger partial charge in [0.15, 0.2) is 6.29 Å². The zero-order valence-corrected chi connectivity index (χ0v) is 11.3. The molecule has 0 radical (unpaired) electrons. The molecule has 0 amide bonds. The minimum Gasteiger partial charge on any atom is -0.353 e. The molecule has 6 heteroatoms. The van der Waals surface area contributed by atoms with E-state index in [-0.39, 0.29) is 0 Å². The summed E-state index contributed by atoms with van der Waals surface area (Å²) >= 11 is 0. The van der Waals surface area contributed by atoms with Gasteiger partial charge in [0, 0.05) is 37.6 Å². The van der Waals surface area contributed by atoms with Crippen LogP contribution in [0.2, 0.25) is 0 Å². The molecule has 1 fully saturated rings. The van der Waals surface area contributed by atoms with Crippen LogP contribution < -0.4 is 0 Å². The van der Waals surface area contributed by atoms with E-state index in [2.05, 4.69) is 0 Å². The van der Waals surface area contributed by atoms with Gasteiger partial charge in [-0.05, 0) is 24.8 Å². The van der Waals surface area contributed by atoms with Crippen molar-refractivity contribution in [2.75, 3.05) is 19.3 Å². The third-order valence-corrected chi connectivity index (χ3v) is 4.60. The Kier molecular flexibility index (Phi) is 3.87. The first-order valence-corrected chi connectivity index (χ1v) is 7.90. The molecule has 1 unspecified atom stereocenters. The predicted octanol–water partition coefficient (Wildman–Crippen LogP) is 0.972. The number of nitrogens with zero attached hydrogens (tertiary/aromatic N) is 2. The van der Waals surface area contributed by atoms with Gasteiger partial charge in [-0.1, -0.05) is 0 Å². The van der Waals surface area contributed by atoms with Crippen molar-refractivity contribution in [2.45, 2.75) is 19.4 Å². The maximum Gasteiger partial charge on any atom is 0.211 e. The average molecular weight is 270 g/mol. The quantitative estimate of drug-likeness (QED) is 0.766. The van der Waals surface area contributed by atoms with E-state index in [9.17, 15) is 13.2 Å². The molecule has 1 atom stereocenters. The maximum atomic E-state index is 11.5. The van der Waals surface area contributed by atoms with Crippen LogP contribution >= 0.6 is 0 Å². The van der Waals surface area contributed by atoms with Crippen molar-refractivity contribution in [3.8, 4) is 0 Å². The Morgan fingerprint density at radius 3 is 2.89 bits per heavy atom. The summed E-state index contributed by atoms with van der Waals surface area (Å²) < 4.78 is 26.5. The van der Waals surface area contributed by atoms with E-state index < -0.39 is 10.0 Å². The van der Waals surface area contributed by atoms with E-state index >= 15 is 0 Å². The summed E-state index contributed by atoms with van der Waals surface area (Å²) in [5, 5.41) is 0. The number of hydrogen-bond acceptors (Lipinski definition) is 3. The van der Waals surface area contributed by atoms with Gasteiger partial charge in [-0.2, -0.15) is 0 Å². The van der Waals surface area contributed by atoms with Crippen LogP contribution in [-0.2, 0) is 16.6 Å². The minimum absolute atomic E-state index is 0.320. The Morgan fingerprint density at radius 1 is 1.50 bits per heavy atom. The molecular formula is C12H18N2O3S. The highest BCUT2D eigenvalue weighted by Crippen LogP contribution is 2.20. The molecule has 1 aliphatic rings. The lowest BCUT2D eigenvalue weighted by atomic mass is 10.00. The van der Waals surface area contributed by atoms with Gasteiger partial charge in [0.25, 0.3) is 0 Å². The molecule has 1 aliphatic heterocycles. The highest BCUT2D eigenvalue weighted by atomic mass is 32.2. The highest BCUT2D eigenvalue weighted by Gasteiger charge is 2.25. The number of carbonyl (C=O) groups is 1. The van der Waals surface area contributed by atoms with E-state index in [4.69, 9.17) is 0 Å². The molecule has 0 bridgehead atoms. The Labute approximate surface area is 107 Å². The molecule has 0 spiro atoms. The molecule has 2 rings (SSSR count). The number of aromatic nitrogens is 1. The molecule has 1 saturated heterocycles. The zero-order chi connectivity index (χ0) is 13.2. The predicted molar refractivity (Wildman–Crippen MR) is 69.0 cm³/mol. The van der Waals surface area contributed by atoms with Crippen LogP contribution in [0, 0.1) is 5.92 Å². The Hall–Kier alpha value is -1.14. The molecular weight excluding hydrogens is 252 g/mol. The lowest BCUT2D eigenvalue weighted by Gasteiger charge is -2.31. The number of rotatable bonds is 4. The molecule has 0 N–H and O–H groups in total. The topological polar surface area (TPSA) is 59.4 Å². The molecule has 2 heterocycles. The Morgan fingerprint density at radius 2 is 2.28 bits per heavy atom. The summed E-state index contributed by atoms with van der Waals surface area (Å²) in [4.78, 5) is 10.6. The SMILES string of the molecule is CS(=O)(=O)N1CCCC(Cn2ccc(C=O)c2)C1. The molecule has 0 aliphatic carbocycles. The molecule has 5 nitrogen and oxygen atoms in total. The van der Waals surface area contributed by atoms with Crippen LogP contribution in [0.15, 0.2) is 18.5 Å². The van der Waals surface area contributed by atoms with Crippen LogP contribution in [0.5, 0.6) is 0 Å². The second-order valence-corrected chi connectivity index (χ2v) is 6.87. The second-order valence-electron chi connectivity index (χ2n) is 4.89. The largest absolute Gasteiger partial charge is 0.353 e. The number of sulfonamides is 1. The molecule has 100 valence electrons. The summed E-state index contributed by atoms with van der Waals surface area (Å²) in [5.41, 5.74) is 0.658. The van der Waals surface area contributed by atoms with Crippen molar-refractivity contribution in [3.05, 3.63) is 24.0 Å². The fourth-order valence-electron chi connectivity index (χ4n) is 2.42. The first-order chi connectivity index (χ1) is 8.49. The van der Waals surface area contributed by atoms with Crippen molar-refractivity contribution < 1.29 is 13.2 Å². The fourth-order valence-corrected chi connectivity index (χ4v) is 3.36. The van der Waals surface area contributed by atoms with Crippen LogP contribution in [0.1, 0.15) is 23.2 Å². The van der Waals surface area contributed by atoms with E-state index in [1.807, 2.05) is 10.8 Å². The average Bonchev–Trinajstić information content (AvgIpc) is 2.76. The number of aldehydes is 1. The van der Waals surface area contributed by atoms with Crippen LogP contribution in [0.3, 0.4) is 0 Å². The summed E-state index contributed by atoms with van der Waals surface area (Å²) in [6, 6.07) is 1.77. The van der Waals surface area contributed by atoms with Gasteiger partial charge in [-0.25, -0.2) is 12.7 Å². The first-order valence-electron chi connectivity index (χ1n) is 6.05. The van der Waals surface area contributed by atoms with Crippen molar-refractivity contribution in [2.24, 2.45) is 5.92 Å². The minimum atomic E-state index is -3.08. The summed E-state index contributed by atoms with van der Waals surface area (Å²) in [7, 11) is -3.08. The van der Waals surface area contributed by atoms with Gasteiger partial charge in [0.1, 0.15) is 0 Å². The third-order valence-electron chi connectivity index (χ3n) is 3.33. The zero-order valence-electron chi connectivity index (χ0n) is 10.4. The van der Waals surface area contributed by atoms with Gasteiger partial charge in [0.05, 0.1) is 6.26 Å². The lowest BCUT2D eigenvalue weighted by molar-refractivity contribution is 0.112. The van der Waals surface area contributed by atoms with E-state index in [1.54, 1.807) is 16.6 Å². The number of carbonyl (C=O) groups excluding carboxylic acids is 1. The van der Waals surface area contributed by atoms with Crippen LogP contribution in [0.25, 0.3) is 0 Å². The van der Waals surface area contributed by atoms with Gasteiger partial charge >= 0.3 is 0 Å². The van der Waals surface area contributed by atoms with Gasteiger partial charge in [-0.3, -0.25) is 4.79 Å². The van der Waals surface area contributed by atoms with Crippen LogP contribution in [0.4, 0.5) is 0 Å². The Bertz CT molecular complexity index is 521. The van der Waals surface area contributed by atoms with E-state index in [0.29, 0.717) is 24.6 Å². The molecule has 1 aromatic heterocycles. The van der Waals surface area contributed by atoms with Crippen molar-refractivity contribution in [1.82, 2.24) is 8.87 Å². The molecule has 1 aromatic rings.